The lowest BCUT2D eigenvalue weighted by molar-refractivity contribution is -0.143. The number of esters is 1. The standard InChI is InChI=1S/C16H32O2/c1-3-5-7-8-9-10-11-12-13-15-18-16(17)14-6-4-2/h3-15H2,1-2H3. The first-order chi connectivity index (χ1) is 8.81. The number of hydrogen-bond donors (Lipinski definition) is 0. The molecule has 0 aliphatic rings. The van der Waals surface area contributed by atoms with Crippen LogP contribution < -0.4 is 0 Å². The van der Waals surface area contributed by atoms with Crippen molar-refractivity contribution in [1.29, 1.82) is 0 Å². The number of hydrogen-bond acceptors (Lipinski definition) is 2. The van der Waals surface area contributed by atoms with Crippen LogP contribution in [0.15, 0.2) is 0 Å². The van der Waals surface area contributed by atoms with E-state index in [4.69, 9.17) is 4.74 Å². The molecule has 2 nitrogen and oxygen atoms in total. The summed E-state index contributed by atoms with van der Waals surface area (Å²) in [6, 6.07) is 0. The van der Waals surface area contributed by atoms with E-state index >= 15 is 0 Å². The zero-order valence-electron chi connectivity index (χ0n) is 12.5. The fourth-order valence-corrected chi connectivity index (χ4v) is 1.99. The van der Waals surface area contributed by atoms with E-state index in [1.54, 1.807) is 0 Å². The highest BCUT2D eigenvalue weighted by Crippen LogP contribution is 2.09. The number of ether oxygens (including phenoxy) is 1. The molecule has 0 saturated heterocycles. The zero-order valence-corrected chi connectivity index (χ0v) is 12.5. The maximum absolute atomic E-state index is 11.2. The van der Waals surface area contributed by atoms with Crippen LogP contribution in [0.3, 0.4) is 0 Å². The van der Waals surface area contributed by atoms with E-state index in [2.05, 4.69) is 13.8 Å². The molecule has 0 bridgehead atoms. The Labute approximate surface area is 113 Å². The second-order valence-corrected chi connectivity index (χ2v) is 5.15. The molecule has 0 amide bonds. The smallest absolute Gasteiger partial charge is 0.305 e. The zero-order chi connectivity index (χ0) is 13.5. The largest absolute Gasteiger partial charge is 0.466 e. The van der Waals surface area contributed by atoms with Gasteiger partial charge in [-0.15, -0.1) is 0 Å². The molecule has 0 spiro atoms. The molecule has 0 atom stereocenters. The Morgan fingerprint density at radius 1 is 0.722 bits per heavy atom. The predicted molar refractivity (Wildman–Crippen MR) is 77.7 cm³/mol. The summed E-state index contributed by atoms with van der Waals surface area (Å²) >= 11 is 0. The summed E-state index contributed by atoms with van der Waals surface area (Å²) in [6.45, 7) is 4.97. The van der Waals surface area contributed by atoms with Gasteiger partial charge in [0.25, 0.3) is 0 Å². The van der Waals surface area contributed by atoms with Crippen molar-refractivity contribution in [2.24, 2.45) is 0 Å². The molecule has 0 aliphatic heterocycles. The minimum atomic E-state index is -0.0172. The summed E-state index contributed by atoms with van der Waals surface area (Å²) < 4.78 is 5.16. The Hall–Kier alpha value is -0.530. The molecule has 0 aromatic rings. The second kappa shape index (κ2) is 14.5. The van der Waals surface area contributed by atoms with Gasteiger partial charge >= 0.3 is 5.97 Å². The highest BCUT2D eigenvalue weighted by atomic mass is 16.5. The Morgan fingerprint density at radius 2 is 1.22 bits per heavy atom. The molecule has 0 fully saturated rings. The fourth-order valence-electron chi connectivity index (χ4n) is 1.99. The van der Waals surface area contributed by atoms with Gasteiger partial charge in [0.15, 0.2) is 0 Å². The van der Waals surface area contributed by atoms with E-state index in [1.165, 1.54) is 51.4 Å². The van der Waals surface area contributed by atoms with E-state index in [1.807, 2.05) is 0 Å². The summed E-state index contributed by atoms with van der Waals surface area (Å²) in [5.41, 5.74) is 0. The third-order valence-corrected chi connectivity index (χ3v) is 3.25. The highest BCUT2D eigenvalue weighted by molar-refractivity contribution is 5.69. The summed E-state index contributed by atoms with van der Waals surface area (Å²) in [5.74, 6) is -0.0172. The highest BCUT2D eigenvalue weighted by Gasteiger charge is 2.00. The van der Waals surface area contributed by atoms with Gasteiger partial charge in [-0.1, -0.05) is 71.6 Å². The van der Waals surface area contributed by atoms with Gasteiger partial charge in [-0.05, 0) is 12.8 Å². The summed E-state index contributed by atoms with van der Waals surface area (Å²) in [7, 11) is 0. The molecule has 2 heteroatoms. The summed E-state index contributed by atoms with van der Waals surface area (Å²) in [6.07, 6.45) is 14.3. The maximum Gasteiger partial charge on any atom is 0.305 e. The Morgan fingerprint density at radius 3 is 1.78 bits per heavy atom. The Balaban J connectivity index is 3.04. The van der Waals surface area contributed by atoms with Crippen molar-refractivity contribution in [3.05, 3.63) is 0 Å². The van der Waals surface area contributed by atoms with E-state index < -0.39 is 0 Å². The first-order valence-corrected chi connectivity index (χ1v) is 7.96. The van der Waals surface area contributed by atoms with Crippen molar-refractivity contribution in [2.45, 2.75) is 90.9 Å². The molecule has 0 aliphatic carbocycles. The van der Waals surface area contributed by atoms with Crippen LogP contribution >= 0.6 is 0 Å². The van der Waals surface area contributed by atoms with Crippen LogP contribution in [-0.2, 0) is 9.53 Å². The molecule has 0 heterocycles. The van der Waals surface area contributed by atoms with Crippen LogP contribution in [0.4, 0.5) is 0 Å². The Bertz CT molecular complexity index is 178. The quantitative estimate of drug-likeness (QED) is 0.332. The first-order valence-electron chi connectivity index (χ1n) is 7.96. The molecule has 0 aromatic carbocycles. The third kappa shape index (κ3) is 13.5. The van der Waals surface area contributed by atoms with Crippen molar-refractivity contribution in [3.63, 3.8) is 0 Å². The average Bonchev–Trinajstić information content (AvgIpc) is 2.38. The number of unbranched alkanes of at least 4 members (excludes halogenated alkanes) is 9. The van der Waals surface area contributed by atoms with Gasteiger partial charge in [-0.25, -0.2) is 0 Å². The molecular formula is C16H32O2. The SMILES string of the molecule is CCCCCCCCCCCOC(=O)CCCC. The van der Waals surface area contributed by atoms with E-state index in [-0.39, 0.29) is 5.97 Å². The normalized spacial score (nSPS) is 10.6. The maximum atomic E-state index is 11.2. The van der Waals surface area contributed by atoms with Crippen molar-refractivity contribution in [2.75, 3.05) is 6.61 Å². The minimum absolute atomic E-state index is 0.0172. The lowest BCUT2D eigenvalue weighted by Gasteiger charge is -2.04. The van der Waals surface area contributed by atoms with Crippen LogP contribution in [0.1, 0.15) is 90.9 Å². The van der Waals surface area contributed by atoms with Gasteiger partial charge in [0.2, 0.25) is 0 Å². The van der Waals surface area contributed by atoms with Gasteiger partial charge in [0.05, 0.1) is 6.61 Å². The van der Waals surface area contributed by atoms with Crippen LogP contribution in [0.2, 0.25) is 0 Å². The van der Waals surface area contributed by atoms with Crippen molar-refractivity contribution in [1.82, 2.24) is 0 Å². The molecule has 18 heavy (non-hydrogen) atoms. The molecule has 0 unspecified atom stereocenters. The fraction of sp³-hybridized carbons (Fsp3) is 0.938. The van der Waals surface area contributed by atoms with Crippen molar-refractivity contribution >= 4 is 5.97 Å². The van der Waals surface area contributed by atoms with Gasteiger partial charge in [0, 0.05) is 6.42 Å². The van der Waals surface area contributed by atoms with Crippen LogP contribution in [0.5, 0.6) is 0 Å². The van der Waals surface area contributed by atoms with Crippen LogP contribution in [0.25, 0.3) is 0 Å². The summed E-state index contributed by atoms with van der Waals surface area (Å²) in [5, 5.41) is 0. The molecule has 0 aromatic heterocycles. The van der Waals surface area contributed by atoms with Crippen molar-refractivity contribution in [3.8, 4) is 0 Å². The molecule has 0 saturated carbocycles. The third-order valence-electron chi connectivity index (χ3n) is 3.25. The molecule has 0 radical (unpaired) electrons. The first kappa shape index (κ1) is 17.5. The molecule has 0 rings (SSSR count). The second-order valence-electron chi connectivity index (χ2n) is 5.15. The van der Waals surface area contributed by atoms with Crippen molar-refractivity contribution < 1.29 is 9.53 Å². The lowest BCUT2D eigenvalue weighted by atomic mass is 10.1. The van der Waals surface area contributed by atoms with Gasteiger partial charge in [0.1, 0.15) is 0 Å². The molecular weight excluding hydrogens is 224 g/mol. The summed E-state index contributed by atoms with van der Waals surface area (Å²) in [4.78, 5) is 11.2. The van der Waals surface area contributed by atoms with Crippen LogP contribution in [-0.4, -0.2) is 12.6 Å². The van der Waals surface area contributed by atoms with E-state index in [9.17, 15) is 4.79 Å². The van der Waals surface area contributed by atoms with Crippen LogP contribution in [0, 0.1) is 0 Å². The van der Waals surface area contributed by atoms with Gasteiger partial charge < -0.3 is 4.74 Å². The monoisotopic (exact) mass is 256 g/mol. The van der Waals surface area contributed by atoms with Gasteiger partial charge in [-0.3, -0.25) is 4.79 Å². The number of carbonyl (C=O) groups is 1. The van der Waals surface area contributed by atoms with Gasteiger partial charge in [-0.2, -0.15) is 0 Å². The average molecular weight is 256 g/mol. The predicted octanol–water partition coefficient (Wildman–Crippen LogP) is 5.25. The van der Waals surface area contributed by atoms with E-state index in [0.717, 1.165) is 19.3 Å². The number of rotatable bonds is 13. The van der Waals surface area contributed by atoms with E-state index in [0.29, 0.717) is 13.0 Å². The lowest BCUT2D eigenvalue weighted by Crippen LogP contribution is -2.05. The Kier molecular flexibility index (Phi) is 14.1. The number of carbonyl (C=O) groups excluding carboxylic acids is 1. The molecule has 108 valence electrons. The minimum Gasteiger partial charge on any atom is -0.466 e. The topological polar surface area (TPSA) is 26.3 Å². The molecule has 0 N–H and O–H groups in total.